The Labute approximate surface area is 185 Å². The number of nitrogens with two attached hydrogens (primary N) is 1. The highest BCUT2D eigenvalue weighted by Gasteiger charge is 2.63. The number of hydrogen-bond donors (Lipinski definition) is 1. The van der Waals surface area contributed by atoms with Crippen molar-refractivity contribution < 1.29 is 17.9 Å². The molecule has 2 aromatic rings. The van der Waals surface area contributed by atoms with Gasteiger partial charge in [-0.05, 0) is 63.3 Å². The van der Waals surface area contributed by atoms with E-state index in [0.717, 1.165) is 24.1 Å². The van der Waals surface area contributed by atoms with Gasteiger partial charge in [0.1, 0.15) is 29.9 Å². The van der Waals surface area contributed by atoms with E-state index in [0.29, 0.717) is 17.5 Å². The topological polar surface area (TPSA) is 84.3 Å². The molecule has 0 bridgehead atoms. The molecule has 1 aromatic carbocycles. The quantitative estimate of drug-likeness (QED) is 0.765. The Morgan fingerprint density at radius 1 is 1.25 bits per heavy atom. The summed E-state index contributed by atoms with van der Waals surface area (Å²) in [4.78, 5) is 8.50. The van der Waals surface area contributed by atoms with E-state index in [9.17, 15) is 4.39 Å². The fourth-order valence-corrected chi connectivity index (χ4v) is 4.72. The van der Waals surface area contributed by atoms with Gasteiger partial charge >= 0.3 is 5.92 Å². The first-order valence-electron chi connectivity index (χ1n) is 10.5. The summed E-state index contributed by atoms with van der Waals surface area (Å²) in [6.07, 6.45) is 3.67. The van der Waals surface area contributed by atoms with Crippen molar-refractivity contribution in [3.8, 4) is 6.07 Å². The summed E-state index contributed by atoms with van der Waals surface area (Å²) >= 11 is 0. The molecule has 1 aromatic heterocycles. The summed E-state index contributed by atoms with van der Waals surface area (Å²) in [5.41, 5.74) is 4.62. The lowest BCUT2D eigenvalue weighted by Gasteiger charge is -2.42. The SMILES string of the molecule is CC1(C)OCC(N)=N[C@](C)(c2cc(C[C@H]3CCc4cc(C#N)cnc43)ccc2F)C1(F)F. The molecule has 1 aliphatic carbocycles. The molecule has 0 unspecified atom stereocenters. The highest BCUT2D eigenvalue weighted by Crippen LogP contribution is 2.50. The van der Waals surface area contributed by atoms with Gasteiger partial charge in [0.25, 0.3) is 0 Å². The lowest BCUT2D eigenvalue weighted by molar-refractivity contribution is -0.214. The van der Waals surface area contributed by atoms with Gasteiger partial charge in [0, 0.05) is 23.4 Å². The molecule has 8 heteroatoms. The van der Waals surface area contributed by atoms with Crippen LogP contribution in [-0.4, -0.2) is 29.0 Å². The molecule has 2 atom stereocenters. The number of fused-ring (bicyclic) bond motifs is 1. The second kappa shape index (κ2) is 7.59. The standard InChI is InChI=1S/C24H25F3N4O/c1-22(2)24(26,27)23(3,31-20(29)13-32-22)18-10-14(4-7-19(18)25)8-16-5-6-17-9-15(11-28)12-30-21(16)17/h4,7,9-10,12,16H,5-6,8,13H2,1-3H3,(H2,29,31)/t16-,23-/m1/s1. The Kier molecular flexibility index (Phi) is 5.29. The monoisotopic (exact) mass is 442 g/mol. The van der Waals surface area contributed by atoms with Gasteiger partial charge in [-0.25, -0.2) is 13.2 Å². The predicted octanol–water partition coefficient (Wildman–Crippen LogP) is 4.38. The van der Waals surface area contributed by atoms with Crippen molar-refractivity contribution in [1.29, 1.82) is 5.26 Å². The maximum absolute atomic E-state index is 15.6. The van der Waals surface area contributed by atoms with E-state index >= 15 is 8.78 Å². The summed E-state index contributed by atoms with van der Waals surface area (Å²) in [5, 5.41) is 9.08. The number of hydrogen-bond acceptors (Lipinski definition) is 5. The van der Waals surface area contributed by atoms with Gasteiger partial charge in [-0.15, -0.1) is 0 Å². The van der Waals surface area contributed by atoms with E-state index in [1.807, 2.05) is 6.07 Å². The van der Waals surface area contributed by atoms with Crippen LogP contribution in [0.5, 0.6) is 0 Å². The Balaban J connectivity index is 1.73. The highest BCUT2D eigenvalue weighted by molar-refractivity contribution is 5.82. The van der Waals surface area contributed by atoms with Crippen LogP contribution in [0.2, 0.25) is 0 Å². The molecule has 2 N–H and O–H groups in total. The molecule has 168 valence electrons. The zero-order valence-corrected chi connectivity index (χ0v) is 18.3. The summed E-state index contributed by atoms with van der Waals surface area (Å²) in [5.74, 6) is -4.35. The number of amidine groups is 1. The Bertz CT molecular complexity index is 1140. The van der Waals surface area contributed by atoms with Crippen LogP contribution >= 0.6 is 0 Å². The van der Waals surface area contributed by atoms with Crippen molar-refractivity contribution >= 4 is 5.84 Å². The fraction of sp³-hybridized carbons (Fsp3) is 0.458. The summed E-state index contributed by atoms with van der Waals surface area (Å²) < 4.78 is 51.6. The van der Waals surface area contributed by atoms with Gasteiger partial charge < -0.3 is 10.5 Å². The van der Waals surface area contributed by atoms with E-state index in [1.54, 1.807) is 12.3 Å². The Morgan fingerprint density at radius 3 is 2.72 bits per heavy atom. The van der Waals surface area contributed by atoms with Crippen LogP contribution in [0.4, 0.5) is 13.2 Å². The van der Waals surface area contributed by atoms with Crippen LogP contribution in [-0.2, 0) is 23.1 Å². The van der Waals surface area contributed by atoms with Crippen molar-refractivity contribution in [1.82, 2.24) is 4.98 Å². The van der Waals surface area contributed by atoms with Crippen molar-refractivity contribution in [3.05, 3.63) is 64.2 Å². The zero-order valence-electron chi connectivity index (χ0n) is 18.3. The van der Waals surface area contributed by atoms with Crippen molar-refractivity contribution in [2.45, 2.75) is 63.0 Å². The molecular weight excluding hydrogens is 417 g/mol. The number of rotatable bonds is 3. The lowest BCUT2D eigenvalue weighted by Crippen LogP contribution is -2.56. The minimum Gasteiger partial charge on any atom is -0.385 e. The maximum atomic E-state index is 15.6. The first-order valence-corrected chi connectivity index (χ1v) is 10.5. The molecule has 0 amide bonds. The normalized spacial score (nSPS) is 26.0. The molecule has 0 saturated carbocycles. The number of alkyl halides is 2. The van der Waals surface area contributed by atoms with E-state index in [4.69, 9.17) is 15.7 Å². The molecule has 2 aliphatic rings. The Hall–Kier alpha value is -2.92. The number of nitriles is 1. The number of nitrogens with zero attached hydrogens (tertiary/aromatic N) is 3. The van der Waals surface area contributed by atoms with Gasteiger partial charge in [0.2, 0.25) is 0 Å². The first kappa shape index (κ1) is 22.3. The number of aryl methyl sites for hydroxylation is 1. The van der Waals surface area contributed by atoms with E-state index in [-0.39, 0.29) is 23.9 Å². The van der Waals surface area contributed by atoms with Crippen molar-refractivity contribution in [2.75, 3.05) is 6.61 Å². The van der Waals surface area contributed by atoms with Crippen LogP contribution in [0.3, 0.4) is 0 Å². The lowest BCUT2D eigenvalue weighted by atomic mass is 9.77. The summed E-state index contributed by atoms with van der Waals surface area (Å²) in [6, 6.07) is 8.20. The second-order valence-electron chi connectivity index (χ2n) is 9.18. The van der Waals surface area contributed by atoms with Gasteiger partial charge in [-0.1, -0.05) is 12.1 Å². The van der Waals surface area contributed by atoms with E-state index in [1.165, 1.54) is 32.9 Å². The van der Waals surface area contributed by atoms with Crippen molar-refractivity contribution in [3.63, 3.8) is 0 Å². The molecule has 1 aliphatic heterocycles. The third-order valence-electron chi connectivity index (χ3n) is 6.63. The van der Waals surface area contributed by atoms with Crippen LogP contribution in [0.15, 0.2) is 35.5 Å². The van der Waals surface area contributed by atoms with Crippen molar-refractivity contribution in [2.24, 2.45) is 10.7 Å². The van der Waals surface area contributed by atoms with Crippen LogP contribution in [0, 0.1) is 17.1 Å². The zero-order chi connectivity index (χ0) is 23.3. The second-order valence-corrected chi connectivity index (χ2v) is 9.18. The average Bonchev–Trinajstić information content (AvgIpc) is 3.12. The molecular formula is C24H25F3N4O. The van der Waals surface area contributed by atoms with Gasteiger partial charge in [0.05, 0.1) is 5.56 Å². The number of ether oxygens (including phenoxy) is 1. The van der Waals surface area contributed by atoms with E-state index in [2.05, 4.69) is 16.0 Å². The smallest absolute Gasteiger partial charge is 0.304 e. The molecule has 0 saturated heterocycles. The number of aliphatic imine (C=N–C) groups is 1. The average molecular weight is 442 g/mol. The van der Waals surface area contributed by atoms with Gasteiger partial charge in [0.15, 0.2) is 5.54 Å². The van der Waals surface area contributed by atoms with Crippen LogP contribution in [0.1, 0.15) is 61.1 Å². The first-order chi connectivity index (χ1) is 15.0. The molecule has 0 spiro atoms. The fourth-order valence-electron chi connectivity index (χ4n) is 4.72. The van der Waals surface area contributed by atoms with Gasteiger partial charge in [-0.2, -0.15) is 5.26 Å². The third-order valence-corrected chi connectivity index (χ3v) is 6.63. The molecule has 0 radical (unpaired) electrons. The van der Waals surface area contributed by atoms with E-state index < -0.39 is 22.9 Å². The molecule has 32 heavy (non-hydrogen) atoms. The summed E-state index contributed by atoms with van der Waals surface area (Å²) in [6.45, 7) is 3.47. The van der Waals surface area contributed by atoms with Crippen LogP contribution in [0.25, 0.3) is 0 Å². The van der Waals surface area contributed by atoms with Crippen LogP contribution < -0.4 is 5.73 Å². The maximum Gasteiger partial charge on any atom is 0.304 e. The third kappa shape index (κ3) is 3.45. The number of halogens is 3. The highest BCUT2D eigenvalue weighted by atomic mass is 19.3. The molecule has 5 nitrogen and oxygen atoms in total. The summed E-state index contributed by atoms with van der Waals surface area (Å²) in [7, 11) is 0. The van der Waals surface area contributed by atoms with Gasteiger partial charge in [-0.3, -0.25) is 9.98 Å². The molecule has 2 heterocycles. The number of benzene rings is 1. The molecule has 4 rings (SSSR count). The number of aromatic nitrogens is 1. The minimum atomic E-state index is -3.53. The Morgan fingerprint density at radius 2 is 2.00 bits per heavy atom. The largest absolute Gasteiger partial charge is 0.385 e. The number of pyridine rings is 1. The predicted molar refractivity (Wildman–Crippen MR) is 114 cm³/mol. The molecule has 0 fully saturated rings. The minimum absolute atomic E-state index is 0.0619.